The minimum Gasteiger partial charge on any atom is -0.454 e. The van der Waals surface area contributed by atoms with Gasteiger partial charge in [0.05, 0.1) is 0 Å². The van der Waals surface area contributed by atoms with Crippen molar-refractivity contribution in [2.45, 2.75) is 45.8 Å². The summed E-state index contributed by atoms with van der Waals surface area (Å²) in [6.45, 7) is 4.35. The summed E-state index contributed by atoms with van der Waals surface area (Å²) in [5.41, 5.74) is 2.13. The molecule has 0 fully saturated rings. The molecule has 1 aromatic heterocycles. The third-order valence-electron chi connectivity index (χ3n) is 5.09. The van der Waals surface area contributed by atoms with Crippen molar-refractivity contribution in [2.24, 2.45) is 5.92 Å². The molecule has 2 heterocycles. The Kier molecular flexibility index (Phi) is 5.26. The van der Waals surface area contributed by atoms with Crippen LogP contribution in [0.4, 0.5) is 0 Å². The minimum atomic E-state index is -0.862. The predicted octanol–water partition coefficient (Wildman–Crippen LogP) is 3.46. The molecule has 0 unspecified atom stereocenters. The van der Waals surface area contributed by atoms with Crippen LogP contribution in [0.3, 0.4) is 0 Å². The molecule has 4 rings (SSSR count). The van der Waals surface area contributed by atoms with Gasteiger partial charge in [-0.05, 0) is 61.4 Å². The van der Waals surface area contributed by atoms with E-state index in [-0.39, 0.29) is 12.7 Å². The van der Waals surface area contributed by atoms with E-state index < -0.39 is 12.1 Å². The lowest BCUT2D eigenvalue weighted by atomic mass is 9.90. The maximum absolute atomic E-state index is 12.4. The van der Waals surface area contributed by atoms with Gasteiger partial charge in [-0.15, -0.1) is 11.3 Å². The molecule has 0 saturated heterocycles. The van der Waals surface area contributed by atoms with E-state index in [1.165, 1.54) is 21.8 Å². The summed E-state index contributed by atoms with van der Waals surface area (Å²) in [6.07, 6.45) is 2.31. The van der Waals surface area contributed by atoms with Gasteiger partial charge in [-0.1, -0.05) is 13.0 Å². The number of ether oxygens (including phenoxy) is 3. The molecule has 2 aliphatic rings. The number of rotatable bonds is 5. The number of aryl methyl sites for hydroxylation is 1. The first-order chi connectivity index (χ1) is 13.5. The standard InChI is InChI=1S/C21H23NO5S/c1-12-3-6-18-15(7-12)9-19(28-18)21(24)27-13(2)20(23)22-10-14-4-5-16-17(8-14)26-11-25-16/h4-5,8-9,12-13H,3,6-7,10-11H2,1-2H3,(H,22,23)/t12-,13-/m1/s1. The molecule has 1 aromatic carbocycles. The van der Waals surface area contributed by atoms with E-state index in [0.29, 0.717) is 28.8 Å². The highest BCUT2D eigenvalue weighted by molar-refractivity contribution is 7.14. The zero-order chi connectivity index (χ0) is 19.7. The second-order valence-electron chi connectivity index (χ2n) is 7.36. The Hall–Kier alpha value is -2.54. The fourth-order valence-electron chi connectivity index (χ4n) is 3.46. The molecule has 1 N–H and O–H groups in total. The Morgan fingerprint density at radius 2 is 2.11 bits per heavy atom. The van der Waals surface area contributed by atoms with Gasteiger partial charge in [0, 0.05) is 11.4 Å². The first kappa shape index (κ1) is 18.8. The molecule has 1 amide bonds. The van der Waals surface area contributed by atoms with Crippen LogP contribution >= 0.6 is 11.3 Å². The van der Waals surface area contributed by atoms with Crippen LogP contribution in [0.2, 0.25) is 0 Å². The van der Waals surface area contributed by atoms with Crippen molar-refractivity contribution in [1.82, 2.24) is 5.32 Å². The molecule has 0 spiro atoms. The molecule has 6 nitrogen and oxygen atoms in total. The molecule has 0 radical (unpaired) electrons. The molecule has 2 aromatic rings. The van der Waals surface area contributed by atoms with E-state index in [2.05, 4.69) is 12.2 Å². The van der Waals surface area contributed by atoms with Crippen molar-refractivity contribution in [3.05, 3.63) is 45.1 Å². The number of esters is 1. The lowest BCUT2D eigenvalue weighted by molar-refractivity contribution is -0.129. The van der Waals surface area contributed by atoms with Crippen molar-refractivity contribution in [3.8, 4) is 11.5 Å². The minimum absolute atomic E-state index is 0.212. The van der Waals surface area contributed by atoms with Gasteiger partial charge in [0.15, 0.2) is 17.6 Å². The Labute approximate surface area is 167 Å². The zero-order valence-electron chi connectivity index (χ0n) is 15.9. The number of amides is 1. The monoisotopic (exact) mass is 401 g/mol. The van der Waals surface area contributed by atoms with Gasteiger partial charge in [-0.25, -0.2) is 4.79 Å². The molecule has 1 aliphatic heterocycles. The van der Waals surface area contributed by atoms with Crippen molar-refractivity contribution in [2.75, 3.05) is 6.79 Å². The van der Waals surface area contributed by atoms with E-state index in [0.717, 1.165) is 24.8 Å². The highest BCUT2D eigenvalue weighted by Crippen LogP contribution is 2.33. The van der Waals surface area contributed by atoms with Crippen molar-refractivity contribution in [1.29, 1.82) is 0 Å². The van der Waals surface area contributed by atoms with Gasteiger partial charge in [-0.3, -0.25) is 4.79 Å². The van der Waals surface area contributed by atoms with Crippen LogP contribution < -0.4 is 14.8 Å². The maximum Gasteiger partial charge on any atom is 0.349 e. The smallest absolute Gasteiger partial charge is 0.349 e. The first-order valence-corrected chi connectivity index (χ1v) is 10.3. The highest BCUT2D eigenvalue weighted by Gasteiger charge is 2.24. The second-order valence-corrected chi connectivity index (χ2v) is 8.50. The highest BCUT2D eigenvalue weighted by atomic mass is 32.1. The molecule has 28 heavy (non-hydrogen) atoms. The molecule has 148 valence electrons. The summed E-state index contributed by atoms with van der Waals surface area (Å²) in [7, 11) is 0. The van der Waals surface area contributed by atoms with Gasteiger partial charge < -0.3 is 19.5 Å². The fraction of sp³-hybridized carbons (Fsp3) is 0.429. The van der Waals surface area contributed by atoms with E-state index in [1.54, 1.807) is 6.92 Å². The third kappa shape index (κ3) is 3.99. The van der Waals surface area contributed by atoms with Gasteiger partial charge in [0.25, 0.3) is 5.91 Å². The van der Waals surface area contributed by atoms with Gasteiger partial charge in [0.2, 0.25) is 6.79 Å². The fourth-order valence-corrected chi connectivity index (χ4v) is 4.55. The van der Waals surface area contributed by atoms with E-state index in [9.17, 15) is 9.59 Å². The third-order valence-corrected chi connectivity index (χ3v) is 6.30. The first-order valence-electron chi connectivity index (χ1n) is 9.48. The van der Waals surface area contributed by atoms with E-state index in [4.69, 9.17) is 14.2 Å². The van der Waals surface area contributed by atoms with Crippen LogP contribution in [-0.2, 0) is 28.9 Å². The summed E-state index contributed by atoms with van der Waals surface area (Å²) in [5, 5.41) is 2.79. The average molecular weight is 401 g/mol. The zero-order valence-corrected chi connectivity index (χ0v) is 16.8. The molecule has 0 saturated carbocycles. The number of nitrogens with one attached hydrogen (secondary N) is 1. The topological polar surface area (TPSA) is 73.9 Å². The van der Waals surface area contributed by atoms with E-state index in [1.807, 2.05) is 24.3 Å². The van der Waals surface area contributed by atoms with Crippen LogP contribution in [0, 0.1) is 5.92 Å². The quantitative estimate of drug-likeness (QED) is 0.777. The Bertz CT molecular complexity index is 906. The normalized spacial score (nSPS) is 18.3. The summed E-state index contributed by atoms with van der Waals surface area (Å²) in [5.74, 6) is 1.25. The van der Waals surface area contributed by atoms with Crippen LogP contribution in [0.5, 0.6) is 11.5 Å². The molecule has 0 bridgehead atoms. The summed E-state index contributed by atoms with van der Waals surface area (Å²) in [6, 6.07) is 7.43. The number of hydrogen-bond acceptors (Lipinski definition) is 6. The summed E-state index contributed by atoms with van der Waals surface area (Å²) >= 11 is 1.49. The molecule has 7 heteroatoms. The second kappa shape index (κ2) is 7.83. The van der Waals surface area contributed by atoms with Gasteiger partial charge in [0.1, 0.15) is 4.88 Å². The van der Waals surface area contributed by atoms with Crippen molar-refractivity contribution < 1.29 is 23.8 Å². The SMILES string of the molecule is C[C@@H]1CCc2sc(C(=O)O[C@H](C)C(=O)NCc3ccc4c(c3)OCO4)cc2C1. The van der Waals surface area contributed by atoms with Crippen LogP contribution in [-0.4, -0.2) is 24.8 Å². The predicted molar refractivity (Wildman–Crippen MR) is 105 cm³/mol. The molecular weight excluding hydrogens is 378 g/mol. The number of carbonyl (C=O) groups excluding carboxylic acids is 2. The number of thiophene rings is 1. The Morgan fingerprint density at radius 1 is 1.29 bits per heavy atom. The number of benzene rings is 1. The Morgan fingerprint density at radius 3 is 2.96 bits per heavy atom. The maximum atomic E-state index is 12.4. The van der Waals surface area contributed by atoms with Crippen molar-refractivity contribution in [3.63, 3.8) is 0 Å². The number of fused-ring (bicyclic) bond motifs is 2. The van der Waals surface area contributed by atoms with Crippen molar-refractivity contribution >= 4 is 23.2 Å². The lowest BCUT2D eigenvalue weighted by Gasteiger charge is -2.16. The van der Waals surface area contributed by atoms with Gasteiger partial charge >= 0.3 is 5.97 Å². The van der Waals surface area contributed by atoms with Crippen LogP contribution in [0.25, 0.3) is 0 Å². The lowest BCUT2D eigenvalue weighted by Crippen LogP contribution is -2.35. The summed E-state index contributed by atoms with van der Waals surface area (Å²) in [4.78, 5) is 26.6. The molecule has 2 atom stereocenters. The number of carbonyl (C=O) groups is 2. The van der Waals surface area contributed by atoms with E-state index >= 15 is 0 Å². The summed E-state index contributed by atoms with van der Waals surface area (Å²) < 4.78 is 16.0. The average Bonchev–Trinajstić information content (AvgIpc) is 3.31. The number of hydrogen-bond donors (Lipinski definition) is 1. The molecular formula is C21H23NO5S. The van der Waals surface area contributed by atoms with Gasteiger partial charge in [-0.2, -0.15) is 0 Å². The van der Waals surface area contributed by atoms with Crippen LogP contribution in [0.15, 0.2) is 24.3 Å². The van der Waals surface area contributed by atoms with Crippen LogP contribution in [0.1, 0.15) is 45.9 Å². The molecule has 1 aliphatic carbocycles. The largest absolute Gasteiger partial charge is 0.454 e. The Balaban J connectivity index is 1.31.